The van der Waals surface area contributed by atoms with E-state index in [1.54, 1.807) is 25.1 Å². The Morgan fingerprint density at radius 1 is 1.35 bits per heavy atom. The third-order valence-electron chi connectivity index (χ3n) is 3.59. The summed E-state index contributed by atoms with van der Waals surface area (Å²) < 4.78 is 32.1. The molecular formula is C15H16N2O4S2. The lowest BCUT2D eigenvalue weighted by molar-refractivity contribution is 0.338. The van der Waals surface area contributed by atoms with Crippen LogP contribution >= 0.6 is 11.3 Å². The van der Waals surface area contributed by atoms with E-state index in [0.717, 1.165) is 21.2 Å². The molecule has 2 aromatic rings. The molecule has 0 saturated heterocycles. The molecule has 8 heteroatoms. The van der Waals surface area contributed by atoms with Gasteiger partial charge in [-0.3, -0.25) is 4.31 Å². The number of hydrogen-bond donors (Lipinski definition) is 1. The highest BCUT2D eigenvalue weighted by Gasteiger charge is 2.39. The van der Waals surface area contributed by atoms with Crippen LogP contribution in [-0.4, -0.2) is 32.2 Å². The summed E-state index contributed by atoms with van der Waals surface area (Å²) >= 11 is 1.13. The zero-order valence-electron chi connectivity index (χ0n) is 12.9. The predicted octanol–water partition coefficient (Wildman–Crippen LogP) is 3.01. The van der Waals surface area contributed by atoms with Crippen molar-refractivity contribution in [3.63, 3.8) is 0 Å². The number of thiazole rings is 1. The van der Waals surface area contributed by atoms with Crippen molar-refractivity contribution < 1.29 is 18.3 Å². The first-order valence-corrected chi connectivity index (χ1v) is 9.25. The van der Waals surface area contributed by atoms with Gasteiger partial charge in [-0.25, -0.2) is 8.42 Å². The van der Waals surface area contributed by atoms with E-state index in [1.807, 2.05) is 13.0 Å². The average molecular weight is 352 g/mol. The fourth-order valence-corrected chi connectivity index (χ4v) is 4.98. The van der Waals surface area contributed by atoms with Crippen molar-refractivity contribution in [1.82, 2.24) is 4.98 Å². The van der Waals surface area contributed by atoms with E-state index in [9.17, 15) is 13.5 Å². The van der Waals surface area contributed by atoms with Crippen molar-refractivity contribution in [2.24, 2.45) is 0 Å². The number of rotatable bonds is 3. The standard InChI is InChI=1S/C15H16N2O4S2/c1-4-21-15-16-14-12(22-15)11(18)13(23(19,20)17(14)3)10-8-6-5-7-9(10)2/h5-8,18H,4H2,1-3H3. The second-order valence-electron chi connectivity index (χ2n) is 5.03. The normalized spacial score (nSPS) is 16.4. The molecule has 0 radical (unpaired) electrons. The van der Waals surface area contributed by atoms with E-state index in [1.165, 1.54) is 7.05 Å². The molecule has 0 aliphatic carbocycles. The molecular weight excluding hydrogens is 336 g/mol. The molecule has 1 aromatic heterocycles. The van der Waals surface area contributed by atoms with Crippen molar-refractivity contribution in [2.45, 2.75) is 13.8 Å². The summed E-state index contributed by atoms with van der Waals surface area (Å²) in [5.41, 5.74) is 1.25. The number of aromatic nitrogens is 1. The second-order valence-corrected chi connectivity index (χ2v) is 7.90. The quantitative estimate of drug-likeness (QED) is 0.918. The number of fused-ring (bicyclic) bond motifs is 1. The van der Waals surface area contributed by atoms with E-state index in [0.29, 0.717) is 22.2 Å². The molecule has 1 aliphatic rings. The lowest BCUT2D eigenvalue weighted by atomic mass is 10.1. The van der Waals surface area contributed by atoms with Crippen molar-refractivity contribution >= 4 is 37.8 Å². The number of aliphatic hydroxyl groups excluding tert-OH is 1. The highest BCUT2D eigenvalue weighted by Crippen LogP contribution is 2.46. The second kappa shape index (κ2) is 5.54. The fraction of sp³-hybridized carbons (Fsp3) is 0.267. The molecule has 122 valence electrons. The Balaban J connectivity index is 2.30. The molecule has 3 rings (SSSR count). The minimum atomic E-state index is -3.89. The number of ether oxygens (including phenoxy) is 1. The van der Waals surface area contributed by atoms with Gasteiger partial charge >= 0.3 is 0 Å². The van der Waals surface area contributed by atoms with Gasteiger partial charge < -0.3 is 9.84 Å². The maximum Gasteiger partial charge on any atom is 0.275 e. The van der Waals surface area contributed by atoms with Gasteiger partial charge in [0.1, 0.15) is 9.78 Å². The van der Waals surface area contributed by atoms with Crippen LogP contribution < -0.4 is 9.04 Å². The lowest BCUT2D eigenvalue weighted by Gasteiger charge is -2.26. The summed E-state index contributed by atoms with van der Waals surface area (Å²) in [6.07, 6.45) is 0. The Bertz CT molecular complexity index is 900. The van der Waals surface area contributed by atoms with Gasteiger partial charge in [0.15, 0.2) is 11.6 Å². The third-order valence-corrected chi connectivity index (χ3v) is 6.38. The van der Waals surface area contributed by atoms with Crippen LogP contribution in [0.4, 0.5) is 5.82 Å². The zero-order valence-corrected chi connectivity index (χ0v) is 14.5. The Hall–Kier alpha value is -2.06. The van der Waals surface area contributed by atoms with Crippen molar-refractivity contribution in [3.8, 4) is 5.19 Å². The number of anilines is 1. The summed E-state index contributed by atoms with van der Waals surface area (Å²) in [6.45, 7) is 4.03. The smallest absolute Gasteiger partial charge is 0.275 e. The van der Waals surface area contributed by atoms with Crippen LogP contribution in [0.5, 0.6) is 5.19 Å². The minimum absolute atomic E-state index is 0.0997. The number of hydrogen-bond acceptors (Lipinski definition) is 6. The molecule has 0 spiro atoms. The Kier molecular flexibility index (Phi) is 3.81. The lowest BCUT2D eigenvalue weighted by Crippen LogP contribution is -2.31. The number of benzene rings is 1. The average Bonchev–Trinajstić information content (AvgIpc) is 2.92. The van der Waals surface area contributed by atoms with E-state index in [4.69, 9.17) is 4.74 Å². The molecule has 1 aliphatic heterocycles. The predicted molar refractivity (Wildman–Crippen MR) is 91.2 cm³/mol. The van der Waals surface area contributed by atoms with Gasteiger partial charge in [0.2, 0.25) is 0 Å². The van der Waals surface area contributed by atoms with Gasteiger partial charge in [-0.15, -0.1) is 0 Å². The molecule has 0 amide bonds. The van der Waals surface area contributed by atoms with Crippen LogP contribution in [0.1, 0.15) is 22.9 Å². The Morgan fingerprint density at radius 3 is 2.70 bits per heavy atom. The number of sulfonamides is 1. The number of aryl methyl sites for hydroxylation is 1. The molecule has 1 aromatic carbocycles. The molecule has 1 N–H and O–H groups in total. The van der Waals surface area contributed by atoms with Crippen LogP contribution in [0.15, 0.2) is 24.3 Å². The summed E-state index contributed by atoms with van der Waals surface area (Å²) in [5.74, 6) is -0.0934. The largest absolute Gasteiger partial charge is 0.505 e. The molecule has 0 bridgehead atoms. The van der Waals surface area contributed by atoms with Gasteiger partial charge in [-0.1, -0.05) is 35.6 Å². The van der Waals surface area contributed by atoms with E-state index in [2.05, 4.69) is 4.98 Å². The number of aliphatic hydroxyl groups is 1. The Morgan fingerprint density at radius 2 is 2.04 bits per heavy atom. The zero-order chi connectivity index (χ0) is 16.8. The molecule has 0 unspecified atom stereocenters. The van der Waals surface area contributed by atoms with Crippen LogP contribution in [0.25, 0.3) is 10.7 Å². The van der Waals surface area contributed by atoms with Crippen molar-refractivity contribution in [3.05, 3.63) is 40.3 Å². The van der Waals surface area contributed by atoms with Gasteiger partial charge in [0, 0.05) is 12.6 Å². The van der Waals surface area contributed by atoms with E-state index in [-0.39, 0.29) is 16.5 Å². The first-order valence-electron chi connectivity index (χ1n) is 7.00. The molecule has 0 fully saturated rings. The number of nitrogens with zero attached hydrogens (tertiary/aromatic N) is 2. The van der Waals surface area contributed by atoms with Crippen molar-refractivity contribution in [2.75, 3.05) is 18.0 Å². The van der Waals surface area contributed by atoms with Gasteiger partial charge in [0.25, 0.3) is 15.2 Å². The van der Waals surface area contributed by atoms with Crippen molar-refractivity contribution in [1.29, 1.82) is 0 Å². The van der Waals surface area contributed by atoms with Crippen LogP contribution in [-0.2, 0) is 10.0 Å². The highest BCUT2D eigenvalue weighted by atomic mass is 32.2. The first-order chi connectivity index (χ1) is 10.9. The maximum atomic E-state index is 12.8. The SMILES string of the molecule is CCOc1nc2c(s1)C(O)=C(c1ccccc1C)S(=O)(=O)N2C. The minimum Gasteiger partial charge on any atom is -0.505 e. The van der Waals surface area contributed by atoms with E-state index >= 15 is 0 Å². The topological polar surface area (TPSA) is 79.7 Å². The van der Waals surface area contributed by atoms with Crippen LogP contribution in [0.3, 0.4) is 0 Å². The third kappa shape index (κ3) is 2.38. The maximum absolute atomic E-state index is 12.8. The molecule has 0 atom stereocenters. The van der Waals surface area contributed by atoms with Gasteiger partial charge in [-0.2, -0.15) is 4.98 Å². The fourth-order valence-electron chi connectivity index (χ4n) is 2.42. The molecule has 2 heterocycles. The monoisotopic (exact) mass is 352 g/mol. The van der Waals surface area contributed by atoms with Crippen LogP contribution in [0.2, 0.25) is 0 Å². The van der Waals surface area contributed by atoms with E-state index < -0.39 is 10.0 Å². The summed E-state index contributed by atoms with van der Waals surface area (Å²) in [4.78, 5) is 4.46. The summed E-state index contributed by atoms with van der Waals surface area (Å²) in [6, 6.07) is 7.05. The highest BCUT2D eigenvalue weighted by molar-refractivity contribution is 8.02. The summed E-state index contributed by atoms with van der Waals surface area (Å²) in [7, 11) is -2.47. The summed E-state index contributed by atoms with van der Waals surface area (Å²) in [5, 5.41) is 11.0. The Labute approximate surface area is 138 Å². The molecule has 0 saturated carbocycles. The molecule has 23 heavy (non-hydrogen) atoms. The van der Waals surface area contributed by atoms with Gasteiger partial charge in [0.05, 0.1) is 6.61 Å². The molecule has 6 nitrogen and oxygen atoms in total. The van der Waals surface area contributed by atoms with Crippen LogP contribution in [0, 0.1) is 6.92 Å². The van der Waals surface area contributed by atoms with Gasteiger partial charge in [-0.05, 0) is 19.4 Å². The first kappa shape index (κ1) is 15.8.